The van der Waals surface area contributed by atoms with Crippen molar-refractivity contribution in [2.24, 2.45) is 0 Å². The lowest BCUT2D eigenvalue weighted by atomic mass is 9.81. The molecule has 12 heteroatoms. The Morgan fingerprint density at radius 2 is 1.54 bits per heavy atom. The Balaban J connectivity index is 0.00000312. The van der Waals surface area contributed by atoms with Gasteiger partial charge in [-0.3, -0.25) is 0 Å². The maximum atomic E-state index is 11.4. The second-order valence-corrected chi connectivity index (χ2v) is 6.41. The van der Waals surface area contributed by atoms with Crippen molar-refractivity contribution in [2.75, 3.05) is 14.1 Å². The lowest BCUT2D eigenvalue weighted by Crippen LogP contribution is -2.71. The summed E-state index contributed by atoms with van der Waals surface area (Å²) in [7, 11) is 3.06. The molecule has 2 fully saturated rings. The summed E-state index contributed by atoms with van der Waals surface area (Å²) in [6.07, 6.45) is -7.37. The molecule has 0 amide bonds. The van der Waals surface area contributed by atoms with Crippen LogP contribution >= 0.6 is 24.8 Å². The van der Waals surface area contributed by atoms with Gasteiger partial charge in [0.15, 0.2) is 6.29 Å². The number of carboxylic acids is 1. The number of ether oxygens (including phenoxy) is 2. The number of carbonyl (C=O) groups is 1. The lowest BCUT2D eigenvalue weighted by Gasteiger charge is -2.46. The molecule has 3 unspecified atom stereocenters. The highest BCUT2D eigenvalue weighted by Gasteiger charge is 2.57. The Hall–Kier alpha value is -0.270. The van der Waals surface area contributed by atoms with Gasteiger partial charge in [0, 0.05) is 6.42 Å². The molecule has 0 aromatic rings. The minimum Gasteiger partial charge on any atom is -0.479 e. The van der Waals surface area contributed by atoms with E-state index in [1.807, 2.05) is 0 Å². The first kappa shape index (κ1) is 25.7. The molecule has 1 heterocycles. The van der Waals surface area contributed by atoms with Crippen LogP contribution in [0.1, 0.15) is 13.3 Å². The number of nitrogens with one attached hydrogen (secondary N) is 2. The molecule has 1 saturated carbocycles. The quantitative estimate of drug-likeness (QED) is 0.251. The third kappa shape index (κ3) is 4.41. The van der Waals surface area contributed by atoms with Crippen LogP contribution in [0, 0.1) is 0 Å². The zero-order chi connectivity index (χ0) is 18.2. The molecule has 2 aliphatic rings. The van der Waals surface area contributed by atoms with Gasteiger partial charge in [-0.15, -0.1) is 24.8 Å². The highest BCUT2D eigenvalue weighted by Crippen LogP contribution is 2.35. The van der Waals surface area contributed by atoms with E-state index in [0.717, 1.165) is 0 Å². The van der Waals surface area contributed by atoms with Gasteiger partial charge in [-0.25, -0.2) is 4.79 Å². The number of aliphatic carboxylic acids is 1. The minimum atomic E-state index is -2.28. The first-order chi connectivity index (χ1) is 11.2. The van der Waals surface area contributed by atoms with Crippen LogP contribution in [-0.2, 0) is 14.3 Å². The number of hydrogen-bond acceptors (Lipinski definition) is 9. The fourth-order valence-electron chi connectivity index (χ4n) is 3.46. The van der Waals surface area contributed by atoms with E-state index in [1.54, 1.807) is 6.92 Å². The second kappa shape index (κ2) is 9.78. The van der Waals surface area contributed by atoms with E-state index in [9.17, 15) is 30.3 Å². The molecule has 10 nitrogen and oxygen atoms in total. The SMILES string of the molecule is CN[C@@H]1C(O)[C@H](NC)[C@@H](O)C(O[C@@H]2O[C@H](C)CC2(O)C(=O)O)[C@H]1O.Cl.Cl. The van der Waals surface area contributed by atoms with Gasteiger partial charge >= 0.3 is 5.97 Å². The number of halogens is 2. The zero-order valence-electron chi connectivity index (χ0n) is 14.6. The molecular formula is C14H28Cl2N2O8. The van der Waals surface area contributed by atoms with Gasteiger partial charge in [-0.05, 0) is 21.0 Å². The molecule has 26 heavy (non-hydrogen) atoms. The van der Waals surface area contributed by atoms with Crippen LogP contribution in [-0.4, -0.2) is 100 Å². The van der Waals surface area contributed by atoms with Crippen molar-refractivity contribution in [2.45, 2.75) is 67.8 Å². The Labute approximate surface area is 163 Å². The molecule has 7 N–H and O–H groups in total. The van der Waals surface area contributed by atoms with Crippen molar-refractivity contribution in [3.8, 4) is 0 Å². The molecule has 1 aliphatic carbocycles. The Morgan fingerprint density at radius 3 is 1.92 bits per heavy atom. The normalized spacial score (nSPS) is 45.5. The van der Waals surface area contributed by atoms with Gasteiger partial charge in [0.1, 0.15) is 18.3 Å². The fraction of sp³-hybridized carbons (Fsp3) is 0.929. The van der Waals surface area contributed by atoms with Crippen LogP contribution in [0.3, 0.4) is 0 Å². The van der Waals surface area contributed by atoms with Crippen LogP contribution in [0.5, 0.6) is 0 Å². The molecular weight excluding hydrogens is 395 g/mol. The number of hydrogen-bond donors (Lipinski definition) is 7. The fourth-order valence-corrected chi connectivity index (χ4v) is 3.46. The first-order valence-corrected chi connectivity index (χ1v) is 7.82. The van der Waals surface area contributed by atoms with E-state index in [1.165, 1.54) is 14.1 Å². The molecule has 0 aromatic carbocycles. The summed E-state index contributed by atoms with van der Waals surface area (Å²) in [4.78, 5) is 11.4. The number of rotatable bonds is 5. The third-order valence-corrected chi connectivity index (χ3v) is 4.81. The maximum absolute atomic E-state index is 11.4. The third-order valence-electron chi connectivity index (χ3n) is 4.81. The topological polar surface area (TPSA) is 161 Å². The van der Waals surface area contributed by atoms with E-state index in [4.69, 9.17) is 9.47 Å². The second-order valence-electron chi connectivity index (χ2n) is 6.41. The largest absolute Gasteiger partial charge is 0.479 e. The van der Waals surface area contributed by atoms with Crippen molar-refractivity contribution in [3.05, 3.63) is 0 Å². The Morgan fingerprint density at radius 1 is 1.08 bits per heavy atom. The summed E-state index contributed by atoms with van der Waals surface area (Å²) < 4.78 is 10.8. The average Bonchev–Trinajstić information content (AvgIpc) is 2.80. The Bertz CT molecular complexity index is 458. The molecule has 1 saturated heterocycles. The highest BCUT2D eigenvalue weighted by molar-refractivity contribution is 5.85. The molecule has 0 bridgehead atoms. The standard InChI is InChI=1S/C14H26N2O8.2ClH/c1-5-4-14(22,12(20)21)13(23-5)24-11-9(18)6(15-2)8(17)7(16-3)10(11)19;;/h5-11,13,15-19,22H,4H2,1-3H3,(H,20,21);2*1H/t5-,6-,7+,8?,9+,10-,11?,13+,14?;;/m1../s1. The van der Waals surface area contributed by atoms with E-state index in [-0.39, 0.29) is 31.2 Å². The molecule has 0 radical (unpaired) electrons. The number of carboxylic acid groups (broad SMARTS) is 1. The molecule has 1 aliphatic heterocycles. The van der Waals surface area contributed by atoms with Crippen molar-refractivity contribution in [3.63, 3.8) is 0 Å². The van der Waals surface area contributed by atoms with E-state index >= 15 is 0 Å². The van der Waals surface area contributed by atoms with E-state index in [2.05, 4.69) is 10.6 Å². The van der Waals surface area contributed by atoms with E-state index < -0.39 is 60.5 Å². The van der Waals surface area contributed by atoms with Crippen LogP contribution in [0.15, 0.2) is 0 Å². The maximum Gasteiger partial charge on any atom is 0.341 e. The van der Waals surface area contributed by atoms with Gasteiger partial charge in [0.25, 0.3) is 0 Å². The molecule has 9 atom stereocenters. The zero-order valence-corrected chi connectivity index (χ0v) is 16.2. The molecule has 156 valence electrons. The van der Waals surface area contributed by atoms with E-state index in [0.29, 0.717) is 0 Å². The van der Waals surface area contributed by atoms with Crippen molar-refractivity contribution < 1.29 is 39.8 Å². The molecule has 0 spiro atoms. The van der Waals surface area contributed by atoms with Crippen LogP contribution in [0.25, 0.3) is 0 Å². The summed E-state index contributed by atoms with van der Waals surface area (Å²) in [5.74, 6) is -1.51. The molecule has 2 rings (SSSR count). The predicted molar refractivity (Wildman–Crippen MR) is 94.6 cm³/mol. The smallest absolute Gasteiger partial charge is 0.341 e. The van der Waals surface area contributed by atoms with Gasteiger partial charge in [0.05, 0.1) is 24.3 Å². The minimum absolute atomic E-state index is 0. The summed E-state index contributed by atoms with van der Waals surface area (Å²) in [6, 6.07) is -1.65. The summed E-state index contributed by atoms with van der Waals surface area (Å²) in [5.41, 5.74) is -2.28. The summed E-state index contributed by atoms with van der Waals surface area (Å²) in [5, 5.41) is 56.1. The number of aliphatic hydroxyl groups excluding tert-OH is 3. The lowest BCUT2D eigenvalue weighted by molar-refractivity contribution is -0.268. The average molecular weight is 423 g/mol. The van der Waals surface area contributed by atoms with Crippen LogP contribution in [0.4, 0.5) is 0 Å². The molecule has 0 aromatic heterocycles. The monoisotopic (exact) mass is 422 g/mol. The van der Waals surface area contributed by atoms with Gasteiger partial charge in [0.2, 0.25) is 5.60 Å². The highest BCUT2D eigenvalue weighted by atomic mass is 35.5. The summed E-state index contributed by atoms with van der Waals surface area (Å²) in [6.45, 7) is 1.58. The first-order valence-electron chi connectivity index (χ1n) is 7.82. The summed E-state index contributed by atoms with van der Waals surface area (Å²) >= 11 is 0. The van der Waals surface area contributed by atoms with Crippen molar-refractivity contribution in [1.82, 2.24) is 10.6 Å². The van der Waals surface area contributed by atoms with Crippen molar-refractivity contribution >= 4 is 30.8 Å². The Kier molecular flexibility index (Phi) is 9.68. The predicted octanol–water partition coefficient (Wildman–Crippen LogP) is -2.56. The number of likely N-dealkylation sites (N-methyl/N-ethyl adjacent to an activating group) is 2. The number of aliphatic hydroxyl groups is 4. The van der Waals surface area contributed by atoms with Crippen LogP contribution in [0.2, 0.25) is 0 Å². The van der Waals surface area contributed by atoms with Crippen LogP contribution < -0.4 is 10.6 Å². The van der Waals surface area contributed by atoms with Gasteiger partial charge < -0.3 is 45.6 Å². The van der Waals surface area contributed by atoms with Gasteiger partial charge in [-0.1, -0.05) is 0 Å². The van der Waals surface area contributed by atoms with Gasteiger partial charge in [-0.2, -0.15) is 0 Å². The van der Waals surface area contributed by atoms with Crippen molar-refractivity contribution in [1.29, 1.82) is 0 Å².